The lowest BCUT2D eigenvalue weighted by molar-refractivity contribution is 0.516. The van der Waals surface area contributed by atoms with E-state index in [2.05, 4.69) is 18.2 Å². The fourth-order valence-corrected chi connectivity index (χ4v) is 0.768. The third kappa shape index (κ3) is 1.89. The summed E-state index contributed by atoms with van der Waals surface area (Å²) in [6.07, 6.45) is 7.29. The molecule has 0 aromatic carbocycles. The van der Waals surface area contributed by atoms with E-state index in [-0.39, 0.29) is 0 Å². The lowest BCUT2D eigenvalue weighted by Crippen LogP contribution is -1.71. The Hall–Kier alpha value is -1.64. The zero-order valence-electron chi connectivity index (χ0n) is 6.13. The average Bonchev–Trinajstić information content (AvgIpc) is 2.38. The predicted octanol–water partition coefficient (Wildman–Crippen LogP) is 2.25. The summed E-state index contributed by atoms with van der Waals surface area (Å²) in [5.74, 6) is 4.04. The summed E-state index contributed by atoms with van der Waals surface area (Å²) < 4.78 is 5.26. The molecule has 11 heavy (non-hydrogen) atoms. The Labute approximate surface area is 66.0 Å². The maximum absolute atomic E-state index is 5.26. The Kier molecular flexibility index (Phi) is 2.38. The van der Waals surface area contributed by atoms with Gasteiger partial charge in [0.25, 0.3) is 0 Å². The second-order valence-electron chi connectivity index (χ2n) is 2.03. The number of hydrogen-bond acceptors (Lipinski definition) is 1. The summed E-state index contributed by atoms with van der Waals surface area (Å²) in [5, 5.41) is 0. The summed E-state index contributed by atoms with van der Waals surface area (Å²) in [5.41, 5.74) is 2.62. The van der Waals surface area contributed by atoms with Crippen LogP contribution in [0.4, 0.5) is 0 Å². The highest BCUT2D eigenvalue weighted by molar-refractivity contribution is 5.41. The van der Waals surface area contributed by atoms with Crippen molar-refractivity contribution in [1.29, 1.82) is 0 Å². The van der Waals surface area contributed by atoms with Crippen LogP contribution in [0.1, 0.15) is 11.5 Å². The van der Waals surface area contributed by atoms with Crippen molar-refractivity contribution < 1.29 is 4.42 Å². The Morgan fingerprint density at radius 3 is 3.09 bits per heavy atom. The van der Waals surface area contributed by atoms with Crippen LogP contribution in [-0.2, 0) is 6.42 Å². The molecule has 0 N–H and O–H groups in total. The molecule has 0 unspecified atom stereocenters. The standard InChI is InChI=1S/C10H8O/c1-3-5-9-7-8-10(11-9)6-4-2/h1,6-8H,2,5H2. The first-order valence-electron chi connectivity index (χ1n) is 3.25. The van der Waals surface area contributed by atoms with Gasteiger partial charge in [0.1, 0.15) is 11.5 Å². The van der Waals surface area contributed by atoms with Crippen LogP contribution in [0.2, 0.25) is 0 Å². The Bertz CT molecular complexity index is 319. The van der Waals surface area contributed by atoms with Crippen LogP contribution < -0.4 is 0 Å². The molecule has 0 aliphatic rings. The first kappa shape index (κ1) is 7.47. The van der Waals surface area contributed by atoms with Gasteiger partial charge < -0.3 is 4.42 Å². The van der Waals surface area contributed by atoms with E-state index in [1.807, 2.05) is 12.1 Å². The van der Waals surface area contributed by atoms with Gasteiger partial charge >= 0.3 is 0 Å². The van der Waals surface area contributed by atoms with E-state index in [9.17, 15) is 0 Å². The summed E-state index contributed by atoms with van der Waals surface area (Å²) in [4.78, 5) is 0. The number of terminal acetylenes is 1. The van der Waals surface area contributed by atoms with Crippen LogP contribution in [0.15, 0.2) is 28.9 Å². The molecule has 1 rings (SSSR count). The molecule has 0 saturated heterocycles. The molecule has 0 saturated carbocycles. The highest BCUT2D eigenvalue weighted by Crippen LogP contribution is 2.08. The minimum Gasteiger partial charge on any atom is -0.460 e. The quantitative estimate of drug-likeness (QED) is 0.458. The third-order valence-electron chi connectivity index (χ3n) is 1.20. The molecule has 0 bridgehead atoms. The average molecular weight is 144 g/mol. The van der Waals surface area contributed by atoms with Crippen molar-refractivity contribution in [2.45, 2.75) is 6.42 Å². The molecule has 1 aromatic rings. The van der Waals surface area contributed by atoms with Gasteiger partial charge in [-0.15, -0.1) is 12.2 Å². The molecule has 54 valence electrons. The van der Waals surface area contributed by atoms with Crippen LogP contribution in [0, 0.1) is 12.3 Å². The van der Waals surface area contributed by atoms with Crippen molar-refractivity contribution in [3.8, 4) is 12.3 Å². The lowest BCUT2D eigenvalue weighted by atomic mass is 10.3. The van der Waals surface area contributed by atoms with Crippen molar-refractivity contribution in [2.75, 3.05) is 0 Å². The van der Waals surface area contributed by atoms with E-state index in [0.29, 0.717) is 6.42 Å². The fourth-order valence-electron chi connectivity index (χ4n) is 0.768. The molecular formula is C10H8O. The highest BCUT2D eigenvalue weighted by atomic mass is 16.3. The van der Waals surface area contributed by atoms with E-state index < -0.39 is 0 Å². The molecule has 0 spiro atoms. The third-order valence-corrected chi connectivity index (χ3v) is 1.20. The summed E-state index contributed by atoms with van der Waals surface area (Å²) in [7, 11) is 0. The zero-order valence-corrected chi connectivity index (χ0v) is 6.13. The number of rotatable bonds is 2. The van der Waals surface area contributed by atoms with E-state index in [4.69, 9.17) is 10.8 Å². The van der Waals surface area contributed by atoms with Gasteiger partial charge in [-0.05, 0) is 12.1 Å². The Morgan fingerprint density at radius 2 is 2.45 bits per heavy atom. The van der Waals surface area contributed by atoms with Gasteiger partial charge in [-0.2, -0.15) is 0 Å². The van der Waals surface area contributed by atoms with Crippen LogP contribution >= 0.6 is 0 Å². The summed E-state index contributed by atoms with van der Waals surface area (Å²) in [6, 6.07) is 3.69. The highest BCUT2D eigenvalue weighted by Gasteiger charge is 1.95. The molecule has 0 aliphatic carbocycles. The smallest absolute Gasteiger partial charge is 0.134 e. The second-order valence-corrected chi connectivity index (χ2v) is 2.03. The van der Waals surface area contributed by atoms with Crippen LogP contribution in [-0.4, -0.2) is 0 Å². The van der Waals surface area contributed by atoms with E-state index in [1.165, 1.54) is 0 Å². The molecule has 0 radical (unpaired) electrons. The van der Waals surface area contributed by atoms with Crippen molar-refractivity contribution in [3.63, 3.8) is 0 Å². The number of hydrogen-bond donors (Lipinski definition) is 0. The van der Waals surface area contributed by atoms with Crippen LogP contribution in [0.25, 0.3) is 6.08 Å². The molecule has 0 amide bonds. The predicted molar refractivity (Wildman–Crippen MR) is 44.8 cm³/mol. The molecule has 1 heterocycles. The first-order chi connectivity index (χ1) is 5.36. The van der Waals surface area contributed by atoms with Gasteiger partial charge in [-0.1, -0.05) is 12.5 Å². The summed E-state index contributed by atoms with van der Waals surface area (Å²) in [6.45, 7) is 3.43. The normalized spacial score (nSPS) is 8.27. The van der Waals surface area contributed by atoms with Gasteiger partial charge in [0, 0.05) is 6.08 Å². The molecule has 1 nitrogen and oxygen atoms in total. The minimum atomic E-state index is 0.533. The monoisotopic (exact) mass is 144 g/mol. The molecular weight excluding hydrogens is 136 g/mol. The van der Waals surface area contributed by atoms with Crippen molar-refractivity contribution in [2.24, 2.45) is 0 Å². The molecule has 0 aliphatic heterocycles. The van der Waals surface area contributed by atoms with Crippen LogP contribution in [0.5, 0.6) is 0 Å². The van der Waals surface area contributed by atoms with Gasteiger partial charge in [0.2, 0.25) is 0 Å². The van der Waals surface area contributed by atoms with Gasteiger partial charge in [0.15, 0.2) is 0 Å². The largest absolute Gasteiger partial charge is 0.460 e. The Morgan fingerprint density at radius 1 is 1.64 bits per heavy atom. The van der Waals surface area contributed by atoms with E-state index in [1.54, 1.807) is 6.08 Å². The molecule has 0 atom stereocenters. The Balaban J connectivity index is 2.83. The molecule has 1 aromatic heterocycles. The van der Waals surface area contributed by atoms with E-state index >= 15 is 0 Å². The molecule has 0 fully saturated rings. The van der Waals surface area contributed by atoms with Gasteiger partial charge in [-0.25, -0.2) is 0 Å². The van der Waals surface area contributed by atoms with Crippen molar-refractivity contribution in [1.82, 2.24) is 0 Å². The summed E-state index contributed by atoms with van der Waals surface area (Å²) >= 11 is 0. The van der Waals surface area contributed by atoms with Crippen molar-refractivity contribution >= 4 is 6.08 Å². The van der Waals surface area contributed by atoms with Crippen molar-refractivity contribution in [3.05, 3.63) is 36.0 Å². The lowest BCUT2D eigenvalue weighted by Gasteiger charge is -1.84. The van der Waals surface area contributed by atoms with Gasteiger partial charge in [0.05, 0.1) is 6.42 Å². The minimum absolute atomic E-state index is 0.533. The SMILES string of the molecule is C#CCc1ccc(C=C=C)o1. The maximum Gasteiger partial charge on any atom is 0.134 e. The van der Waals surface area contributed by atoms with E-state index in [0.717, 1.165) is 11.5 Å². The van der Waals surface area contributed by atoms with Gasteiger partial charge in [-0.3, -0.25) is 0 Å². The second kappa shape index (κ2) is 3.51. The number of furan rings is 1. The molecule has 1 heteroatoms. The zero-order chi connectivity index (χ0) is 8.10. The fraction of sp³-hybridized carbons (Fsp3) is 0.100. The maximum atomic E-state index is 5.26. The first-order valence-corrected chi connectivity index (χ1v) is 3.25. The van der Waals surface area contributed by atoms with Crippen LogP contribution in [0.3, 0.4) is 0 Å². The topological polar surface area (TPSA) is 13.1 Å².